The molecule has 418 valence electrons. The van der Waals surface area contributed by atoms with Crippen molar-refractivity contribution in [2.24, 2.45) is 5.92 Å². The molecule has 0 amide bonds. The van der Waals surface area contributed by atoms with Gasteiger partial charge in [0, 0.05) is 34.6 Å². The molecular weight excluding hydrogens is 1140 g/mol. The third-order valence-electron chi connectivity index (χ3n) is 11.1. The van der Waals surface area contributed by atoms with E-state index in [9.17, 15) is 32.8 Å². The number of halogens is 4. The fraction of sp³-hybridized carbons (Fsp3) is 0.0625. The van der Waals surface area contributed by atoms with Crippen molar-refractivity contribution < 1.29 is 32.7 Å². The monoisotopic (exact) mass is 1190 g/mol. The fourth-order valence-corrected chi connectivity index (χ4v) is 7.57. The summed E-state index contributed by atoms with van der Waals surface area (Å²) < 4.78 is 42.0. The van der Waals surface area contributed by atoms with Gasteiger partial charge in [-0.3, -0.25) is 28.3 Å². The Balaban J connectivity index is 0.000000227. The Kier molecular flexibility index (Phi) is 27.1. The molecule has 0 aliphatic carbocycles. The number of hydrogen-bond acceptors (Lipinski definition) is 12. The Morgan fingerprint density at radius 1 is 0.607 bits per heavy atom. The van der Waals surface area contributed by atoms with E-state index >= 15 is 0 Å². The second kappa shape index (κ2) is 35.1. The molecule has 0 fully saturated rings. The highest BCUT2D eigenvalue weighted by atomic mass is 79.9. The number of H-pyrrole nitrogens is 1. The number of aromatic nitrogens is 4. The molecule has 3 aromatic heterocycles. The number of carbonyl (C=O) groups is 3. The summed E-state index contributed by atoms with van der Waals surface area (Å²) in [7, 11) is 0. The first-order chi connectivity index (χ1) is 40.7. The molecule has 10 aromatic rings. The molecule has 6 N–H and O–H groups in total. The molecule has 84 heavy (non-hydrogen) atoms. The van der Waals surface area contributed by atoms with Crippen LogP contribution in [-0.4, -0.2) is 47.6 Å². The first-order valence-electron chi connectivity index (χ1n) is 24.7. The number of nitriles is 5. The first kappa shape index (κ1) is 64.9. The van der Waals surface area contributed by atoms with Crippen molar-refractivity contribution in [2.45, 2.75) is 12.8 Å². The number of aromatic amines is 1. The van der Waals surface area contributed by atoms with Gasteiger partial charge in [0.15, 0.2) is 17.2 Å². The maximum absolute atomic E-state index is 13.2. The van der Waals surface area contributed by atoms with Crippen LogP contribution in [-0.2, 0) is 4.79 Å². The molecular formula is C64H49BrF3N11O5. The zero-order valence-electron chi connectivity index (χ0n) is 44.3. The number of anilines is 2. The average molecular weight is 1190 g/mol. The van der Waals surface area contributed by atoms with Crippen LogP contribution in [0, 0.1) is 80.0 Å². The molecule has 0 aliphatic rings. The maximum atomic E-state index is 13.2. The van der Waals surface area contributed by atoms with Gasteiger partial charge >= 0.3 is 0 Å². The van der Waals surface area contributed by atoms with Crippen LogP contribution in [0.15, 0.2) is 217 Å². The van der Waals surface area contributed by atoms with Crippen LogP contribution < -0.4 is 17.0 Å². The van der Waals surface area contributed by atoms with Gasteiger partial charge in [0.25, 0.3) is 12.0 Å². The van der Waals surface area contributed by atoms with Crippen molar-refractivity contribution in [3.05, 3.63) is 257 Å². The van der Waals surface area contributed by atoms with Crippen LogP contribution in [0.2, 0.25) is 0 Å². The molecule has 0 unspecified atom stereocenters. The Hall–Kier alpha value is -11.6. The smallest absolute Gasteiger partial charge is 0.290 e. The fourth-order valence-electron chi connectivity index (χ4n) is 7.25. The molecule has 7 aromatic carbocycles. The van der Waals surface area contributed by atoms with Crippen LogP contribution >= 0.6 is 15.9 Å². The molecule has 0 aliphatic heterocycles. The summed E-state index contributed by atoms with van der Waals surface area (Å²) in [6.07, 6.45) is 1.34. The summed E-state index contributed by atoms with van der Waals surface area (Å²) in [5.74, 6) is -1.41. The van der Waals surface area contributed by atoms with Crippen molar-refractivity contribution in [2.75, 3.05) is 16.8 Å². The number of ketones is 2. The molecule has 0 bridgehead atoms. The third-order valence-corrected chi connectivity index (χ3v) is 11.6. The van der Waals surface area contributed by atoms with Gasteiger partial charge in [-0.1, -0.05) is 137 Å². The molecule has 10 rings (SSSR count). The van der Waals surface area contributed by atoms with Gasteiger partial charge in [-0.15, -0.1) is 0 Å². The minimum atomic E-state index is -0.845. The minimum Gasteiger partial charge on any atom is -0.483 e. The summed E-state index contributed by atoms with van der Waals surface area (Å²) in [4.78, 5) is 49.8. The van der Waals surface area contributed by atoms with E-state index in [-0.39, 0.29) is 53.9 Å². The topological polar surface area (TPSA) is 298 Å². The maximum Gasteiger partial charge on any atom is 0.290 e. The highest BCUT2D eigenvalue weighted by molar-refractivity contribution is 9.09. The number of Topliss-reactive ketones (excluding diaryl/α,β-unsaturated/α-hetero) is 2. The summed E-state index contributed by atoms with van der Waals surface area (Å²) in [5, 5.41) is 49.2. The molecule has 16 nitrogen and oxygen atoms in total. The quantitative estimate of drug-likeness (QED) is 0.0453. The molecule has 0 spiro atoms. The number of nitrogens with one attached hydrogen (secondary N) is 1. The molecule has 0 saturated carbocycles. The second-order valence-corrected chi connectivity index (χ2v) is 17.2. The summed E-state index contributed by atoms with van der Waals surface area (Å²) in [6.45, 7) is -0.250. The van der Waals surface area contributed by atoms with E-state index in [1.54, 1.807) is 89.5 Å². The van der Waals surface area contributed by atoms with Crippen LogP contribution in [0.1, 0.15) is 39.1 Å². The Morgan fingerprint density at radius 2 is 1.01 bits per heavy atom. The number of nitrogens with zero attached hydrogens (tertiary/aromatic N) is 8. The predicted octanol–water partition coefficient (Wildman–Crippen LogP) is 13.0. The van der Waals surface area contributed by atoms with Gasteiger partial charge in [-0.05, 0) is 96.1 Å². The van der Waals surface area contributed by atoms with Crippen molar-refractivity contribution >= 4 is 56.5 Å². The van der Waals surface area contributed by atoms with E-state index in [0.717, 1.165) is 33.8 Å². The van der Waals surface area contributed by atoms with Crippen molar-refractivity contribution in [3.63, 3.8) is 0 Å². The Bertz CT molecular complexity index is 3940. The van der Waals surface area contributed by atoms with Crippen molar-refractivity contribution in [1.82, 2.24) is 19.1 Å². The SMILES string of the molecule is N#CC(C#N)CC(=O)c1ccccc1.N#CCC#N.N#Cc1cc(-c2ccccc2)n(-c2ccc(F)cc2)c1N.Nc1ccc(F)cc1.O=C(CBr)c1ccccc1.O=CO.O=c1[nH]cnc2c1cc(-c1ccccc1)n2-c1ccc(F)cc1. The van der Waals surface area contributed by atoms with E-state index in [4.69, 9.17) is 42.4 Å². The Labute approximate surface area is 489 Å². The molecule has 0 saturated heterocycles. The second-order valence-electron chi connectivity index (χ2n) is 16.7. The lowest BCUT2D eigenvalue weighted by Crippen LogP contribution is -2.06. The predicted molar refractivity (Wildman–Crippen MR) is 317 cm³/mol. The number of fused-ring (bicyclic) bond motifs is 1. The standard InChI is InChI=1S/C18H12FN3O.C17H12FN3.C11H8N2O.C8H7BrO.C6H6FN.C3H2N2.CH2O2/c19-13-6-8-14(9-7-13)22-16(12-4-2-1-3-5-12)10-15-17(22)20-11-21-18(15)23;18-14-6-8-15(9-7-14)21-16(10-13(11-19)17(21)20)12-4-2-1-3-5-12;12-7-9(8-13)6-11(14)10-4-2-1-3-5-10;9-6-8(10)7-4-2-1-3-5-7;7-5-1-3-6(8)4-2-5;4-2-1-3-5;2-1-3/h1-11H,(H,20,21,23);1-10H,20H2;1-5,9H,6H2;1-5H,6H2;1-4H,8H2;1H2;1H,(H,2,3). The lowest BCUT2D eigenvalue weighted by Gasteiger charge is -2.11. The largest absolute Gasteiger partial charge is 0.483 e. The molecule has 0 atom stereocenters. The lowest BCUT2D eigenvalue weighted by molar-refractivity contribution is -0.122. The average Bonchev–Trinajstić information content (AvgIpc) is 4.16. The van der Waals surface area contributed by atoms with Crippen LogP contribution in [0.4, 0.5) is 24.7 Å². The zero-order valence-corrected chi connectivity index (χ0v) is 45.9. The van der Waals surface area contributed by atoms with Gasteiger partial charge in [0.05, 0.1) is 58.3 Å². The van der Waals surface area contributed by atoms with E-state index in [0.29, 0.717) is 44.7 Å². The van der Waals surface area contributed by atoms with Gasteiger partial charge in [0.2, 0.25) is 0 Å². The number of nitrogens with two attached hydrogens (primary N) is 2. The van der Waals surface area contributed by atoms with E-state index in [1.807, 2.05) is 102 Å². The van der Waals surface area contributed by atoms with Gasteiger partial charge < -0.3 is 21.6 Å². The molecule has 3 heterocycles. The number of carboxylic acid groups (broad SMARTS) is 1. The van der Waals surface area contributed by atoms with E-state index in [2.05, 4.69) is 32.0 Å². The third kappa shape index (κ3) is 19.9. The number of rotatable bonds is 9. The highest BCUT2D eigenvalue weighted by Gasteiger charge is 2.17. The van der Waals surface area contributed by atoms with Crippen molar-refractivity contribution in [3.8, 4) is 64.2 Å². The number of hydrogen-bond donors (Lipinski definition) is 4. The summed E-state index contributed by atoms with van der Waals surface area (Å²) in [5.41, 5.74) is 19.0. The summed E-state index contributed by atoms with van der Waals surface area (Å²) >= 11 is 3.10. The van der Waals surface area contributed by atoms with Crippen molar-refractivity contribution in [1.29, 1.82) is 26.3 Å². The van der Waals surface area contributed by atoms with Gasteiger partial charge in [-0.2, -0.15) is 26.3 Å². The van der Waals surface area contributed by atoms with Crippen LogP contribution in [0.3, 0.4) is 0 Å². The number of carbonyl (C=O) groups excluding carboxylic acids is 2. The highest BCUT2D eigenvalue weighted by Crippen LogP contribution is 2.32. The number of benzene rings is 7. The molecule has 0 radical (unpaired) electrons. The first-order valence-corrected chi connectivity index (χ1v) is 25.8. The lowest BCUT2D eigenvalue weighted by atomic mass is 10.0. The normalized spacial score (nSPS) is 9.48. The van der Waals surface area contributed by atoms with Crippen LogP contribution in [0.25, 0.3) is 44.9 Å². The van der Waals surface area contributed by atoms with E-state index in [1.165, 1.54) is 54.9 Å². The summed E-state index contributed by atoms with van der Waals surface area (Å²) in [6, 6.07) is 67.6. The number of alkyl halides is 1. The van der Waals surface area contributed by atoms with E-state index < -0.39 is 5.92 Å². The minimum absolute atomic E-state index is 0. The molecule has 20 heteroatoms. The number of nitrogen functional groups attached to an aromatic ring is 2. The van der Waals surface area contributed by atoms with Crippen LogP contribution in [0.5, 0.6) is 0 Å². The van der Waals surface area contributed by atoms with Gasteiger partial charge in [-0.25, -0.2) is 18.2 Å². The zero-order chi connectivity index (χ0) is 61.2. The Morgan fingerprint density at radius 3 is 1.40 bits per heavy atom. The van der Waals surface area contributed by atoms with Gasteiger partial charge in [0.1, 0.15) is 41.7 Å².